The van der Waals surface area contributed by atoms with E-state index in [1.54, 1.807) is 4.90 Å². The average Bonchev–Trinajstić information content (AvgIpc) is 2.46. The molecule has 0 spiro atoms. The molecule has 108 valence electrons. The number of carbonyl (C=O) groups excluding carboxylic acids is 1. The normalized spacial score (nSPS) is 18.9. The Morgan fingerprint density at radius 1 is 1.25 bits per heavy atom. The lowest BCUT2D eigenvalue weighted by Crippen LogP contribution is -2.44. The van der Waals surface area contributed by atoms with E-state index < -0.39 is 5.97 Å². The molecule has 0 saturated carbocycles. The third-order valence-corrected chi connectivity index (χ3v) is 3.91. The predicted molar refractivity (Wildman–Crippen MR) is 76.7 cm³/mol. The van der Waals surface area contributed by atoms with Gasteiger partial charge in [0.15, 0.2) is 0 Å². The van der Waals surface area contributed by atoms with Gasteiger partial charge in [-0.15, -0.1) is 0 Å². The van der Waals surface area contributed by atoms with Crippen molar-refractivity contribution in [3.8, 4) is 0 Å². The Labute approximate surface area is 119 Å². The Morgan fingerprint density at radius 2 is 1.95 bits per heavy atom. The first-order chi connectivity index (χ1) is 9.61. The molecule has 20 heavy (non-hydrogen) atoms. The molecule has 1 aromatic rings. The van der Waals surface area contributed by atoms with Crippen molar-refractivity contribution in [3.63, 3.8) is 0 Å². The second-order valence-corrected chi connectivity index (χ2v) is 5.30. The maximum Gasteiger partial charge on any atom is 0.305 e. The number of aryl methyl sites for hydroxylation is 1. The van der Waals surface area contributed by atoms with Crippen molar-refractivity contribution in [2.45, 2.75) is 45.1 Å². The lowest BCUT2D eigenvalue weighted by Gasteiger charge is -2.35. The van der Waals surface area contributed by atoms with Crippen molar-refractivity contribution < 1.29 is 14.7 Å². The third kappa shape index (κ3) is 3.38. The molecule has 4 nitrogen and oxygen atoms in total. The quantitative estimate of drug-likeness (QED) is 0.919. The average molecular weight is 275 g/mol. The van der Waals surface area contributed by atoms with Crippen molar-refractivity contribution in [1.82, 2.24) is 4.90 Å². The van der Waals surface area contributed by atoms with Gasteiger partial charge in [-0.1, -0.05) is 19.1 Å². The highest BCUT2D eigenvalue weighted by Crippen LogP contribution is 2.22. The Kier molecular flexibility index (Phi) is 4.77. The van der Waals surface area contributed by atoms with Gasteiger partial charge in [-0.2, -0.15) is 0 Å². The summed E-state index contributed by atoms with van der Waals surface area (Å²) < 4.78 is 0. The molecule has 1 aliphatic rings. The maximum atomic E-state index is 12.5. The summed E-state index contributed by atoms with van der Waals surface area (Å²) >= 11 is 0. The molecule has 4 heteroatoms. The summed E-state index contributed by atoms with van der Waals surface area (Å²) in [5, 5.41) is 8.97. The van der Waals surface area contributed by atoms with Crippen LogP contribution in [-0.2, 0) is 11.2 Å². The number of carboxylic acid groups (broad SMARTS) is 1. The van der Waals surface area contributed by atoms with Gasteiger partial charge in [-0.3, -0.25) is 9.59 Å². The van der Waals surface area contributed by atoms with E-state index >= 15 is 0 Å². The molecule has 1 N–H and O–H groups in total. The first kappa shape index (κ1) is 14.6. The Balaban J connectivity index is 2.13. The van der Waals surface area contributed by atoms with Gasteiger partial charge in [0.2, 0.25) is 0 Å². The van der Waals surface area contributed by atoms with Gasteiger partial charge >= 0.3 is 5.97 Å². The van der Waals surface area contributed by atoms with Crippen LogP contribution in [0.1, 0.15) is 48.5 Å². The fourth-order valence-corrected chi connectivity index (χ4v) is 2.73. The maximum absolute atomic E-state index is 12.5. The molecule has 0 aromatic heterocycles. The van der Waals surface area contributed by atoms with Crippen LogP contribution in [0.25, 0.3) is 0 Å². The first-order valence-corrected chi connectivity index (χ1v) is 7.23. The summed E-state index contributed by atoms with van der Waals surface area (Å²) in [4.78, 5) is 25.2. The van der Waals surface area contributed by atoms with E-state index in [1.165, 1.54) is 5.56 Å². The van der Waals surface area contributed by atoms with Gasteiger partial charge in [0.1, 0.15) is 0 Å². The minimum Gasteiger partial charge on any atom is -0.481 e. The van der Waals surface area contributed by atoms with Gasteiger partial charge in [0, 0.05) is 18.2 Å². The molecule has 1 unspecified atom stereocenters. The molecular formula is C16H21NO3. The summed E-state index contributed by atoms with van der Waals surface area (Å²) in [6.07, 6.45) is 3.72. The number of carboxylic acids is 1. The molecule has 1 aromatic carbocycles. The highest BCUT2D eigenvalue weighted by molar-refractivity contribution is 5.94. The lowest BCUT2D eigenvalue weighted by atomic mass is 9.98. The Morgan fingerprint density at radius 3 is 2.55 bits per heavy atom. The zero-order valence-corrected chi connectivity index (χ0v) is 11.8. The molecule has 1 saturated heterocycles. The van der Waals surface area contributed by atoms with Crippen LogP contribution in [0.4, 0.5) is 0 Å². The molecule has 1 atom stereocenters. The van der Waals surface area contributed by atoms with E-state index in [2.05, 4.69) is 6.92 Å². The van der Waals surface area contributed by atoms with Crippen molar-refractivity contribution in [3.05, 3.63) is 35.4 Å². The first-order valence-electron chi connectivity index (χ1n) is 7.23. The molecule has 1 fully saturated rings. The van der Waals surface area contributed by atoms with Gasteiger partial charge in [0.05, 0.1) is 6.42 Å². The molecule has 1 amide bonds. The summed E-state index contributed by atoms with van der Waals surface area (Å²) in [7, 11) is 0. The summed E-state index contributed by atoms with van der Waals surface area (Å²) in [6.45, 7) is 2.73. The second-order valence-electron chi connectivity index (χ2n) is 5.30. The molecule has 1 aliphatic heterocycles. The van der Waals surface area contributed by atoms with Gasteiger partial charge in [-0.05, 0) is 43.4 Å². The lowest BCUT2D eigenvalue weighted by molar-refractivity contribution is -0.138. The van der Waals surface area contributed by atoms with E-state index in [1.807, 2.05) is 24.3 Å². The molecule has 0 aliphatic carbocycles. The second kappa shape index (κ2) is 6.55. The van der Waals surface area contributed by atoms with Crippen molar-refractivity contribution >= 4 is 11.9 Å². The summed E-state index contributed by atoms with van der Waals surface area (Å²) in [5.74, 6) is -0.880. The van der Waals surface area contributed by atoms with Crippen LogP contribution >= 0.6 is 0 Å². The van der Waals surface area contributed by atoms with Gasteiger partial charge in [-0.25, -0.2) is 0 Å². The van der Waals surface area contributed by atoms with Crippen LogP contribution < -0.4 is 0 Å². The van der Waals surface area contributed by atoms with E-state index in [0.717, 1.165) is 25.7 Å². The molecule has 0 bridgehead atoms. The minimum atomic E-state index is -0.837. The standard InChI is InChI=1S/C16H21NO3/c1-2-12-6-8-13(9-7-12)16(20)17-10-4-3-5-14(17)11-15(18)19/h6-9,14H,2-5,10-11H2,1H3,(H,18,19). The number of rotatable bonds is 4. The SMILES string of the molecule is CCc1ccc(C(=O)N2CCCCC2CC(=O)O)cc1. The molecular weight excluding hydrogens is 254 g/mol. The largest absolute Gasteiger partial charge is 0.481 e. The Bertz CT molecular complexity index is 481. The van der Waals surface area contributed by atoms with Gasteiger partial charge in [0.25, 0.3) is 5.91 Å². The Hall–Kier alpha value is -1.84. The van der Waals surface area contributed by atoms with Crippen LogP contribution in [-0.4, -0.2) is 34.5 Å². The van der Waals surface area contributed by atoms with E-state index in [0.29, 0.717) is 12.1 Å². The number of nitrogens with zero attached hydrogens (tertiary/aromatic N) is 1. The van der Waals surface area contributed by atoms with Crippen LogP contribution in [0.2, 0.25) is 0 Å². The summed E-state index contributed by atoms with van der Waals surface area (Å²) in [6, 6.07) is 7.44. The monoisotopic (exact) mass is 275 g/mol. The predicted octanol–water partition coefficient (Wildman–Crippen LogP) is 2.72. The number of likely N-dealkylation sites (tertiary alicyclic amines) is 1. The number of amides is 1. The number of carbonyl (C=O) groups is 2. The molecule has 0 radical (unpaired) electrons. The number of benzene rings is 1. The van der Waals surface area contributed by atoms with Crippen molar-refractivity contribution in [2.75, 3.05) is 6.54 Å². The van der Waals surface area contributed by atoms with E-state index in [-0.39, 0.29) is 18.4 Å². The number of aliphatic carboxylic acids is 1. The molecule has 2 rings (SSSR count). The zero-order chi connectivity index (χ0) is 14.5. The number of hydrogen-bond donors (Lipinski definition) is 1. The highest BCUT2D eigenvalue weighted by Gasteiger charge is 2.28. The zero-order valence-electron chi connectivity index (χ0n) is 11.8. The van der Waals surface area contributed by atoms with Crippen molar-refractivity contribution in [1.29, 1.82) is 0 Å². The van der Waals surface area contributed by atoms with Crippen LogP contribution in [0.3, 0.4) is 0 Å². The summed E-state index contributed by atoms with van der Waals surface area (Å²) in [5.41, 5.74) is 1.85. The fraction of sp³-hybridized carbons (Fsp3) is 0.500. The van der Waals surface area contributed by atoms with Crippen LogP contribution in [0, 0.1) is 0 Å². The molecule has 1 heterocycles. The fourth-order valence-electron chi connectivity index (χ4n) is 2.73. The number of hydrogen-bond acceptors (Lipinski definition) is 2. The highest BCUT2D eigenvalue weighted by atomic mass is 16.4. The van der Waals surface area contributed by atoms with Crippen LogP contribution in [0.15, 0.2) is 24.3 Å². The van der Waals surface area contributed by atoms with Crippen molar-refractivity contribution in [2.24, 2.45) is 0 Å². The van der Waals surface area contributed by atoms with Crippen LogP contribution in [0.5, 0.6) is 0 Å². The van der Waals surface area contributed by atoms with Gasteiger partial charge < -0.3 is 10.0 Å². The smallest absolute Gasteiger partial charge is 0.305 e. The van der Waals surface area contributed by atoms with E-state index in [9.17, 15) is 9.59 Å². The van der Waals surface area contributed by atoms with E-state index in [4.69, 9.17) is 5.11 Å². The minimum absolute atomic E-state index is 0.0405. The number of piperidine rings is 1. The topological polar surface area (TPSA) is 57.6 Å². The third-order valence-electron chi connectivity index (χ3n) is 3.91.